The summed E-state index contributed by atoms with van der Waals surface area (Å²) < 4.78 is 16.7. The second-order valence-corrected chi connectivity index (χ2v) is 30.5. The van der Waals surface area contributed by atoms with Crippen LogP contribution in [0, 0.1) is 0 Å². The van der Waals surface area contributed by atoms with Crippen molar-refractivity contribution < 1.29 is 65.0 Å². The molecule has 0 aliphatic carbocycles. The Hall–Kier alpha value is -2.79. The zero-order valence-corrected chi connectivity index (χ0v) is 72.3. The molecule has 0 radical (unpaired) electrons. The molecule has 0 heterocycles. The molecule has 0 fully saturated rings. The van der Waals surface area contributed by atoms with Gasteiger partial charge in [-0.25, -0.2) is 0 Å². The Bertz CT molecular complexity index is 1690. The molecule has 592 valence electrons. The summed E-state index contributed by atoms with van der Waals surface area (Å²) in [5.41, 5.74) is 0. The van der Waals surface area contributed by atoms with Gasteiger partial charge in [0.15, 0.2) is 0 Å². The third-order valence-electron chi connectivity index (χ3n) is 18.9. The Kier molecular flexibility index (Phi) is 99.6. The molecule has 0 amide bonds. The Morgan fingerprint density at radius 1 is 0.206 bits per heavy atom. The summed E-state index contributed by atoms with van der Waals surface area (Å²) in [5.74, 6) is -2.63. The van der Waals surface area contributed by atoms with Crippen LogP contribution in [0.3, 0.4) is 0 Å². The first kappa shape index (κ1) is 106. The number of aliphatic carboxylic acids is 2. The van der Waals surface area contributed by atoms with Gasteiger partial charge in [0.05, 0.1) is 0 Å². The quantitative estimate of drug-likeness (QED) is 0.0342. The largest absolute Gasteiger partial charge is 1.20 e. The average Bonchev–Trinajstić information content (AvgIpc) is 1.13. The van der Waals surface area contributed by atoms with Gasteiger partial charge in [-0.1, -0.05) is 352 Å². The van der Waals surface area contributed by atoms with Crippen LogP contribution in [-0.2, 0) is 54.8 Å². The predicted octanol–water partition coefficient (Wildman–Crippen LogP) is 29.9. The molecule has 0 bridgehead atoms. The maximum absolute atomic E-state index is 12.8. The molecular weight excluding hydrogens is 1330 g/mol. The fourth-order valence-electron chi connectivity index (χ4n) is 12.3. The van der Waals surface area contributed by atoms with Crippen LogP contribution in [0.15, 0.2) is 60.8 Å². The molecule has 0 aromatic rings. The van der Waals surface area contributed by atoms with Gasteiger partial charge >= 0.3 is 27.1 Å². The van der Waals surface area contributed by atoms with E-state index in [0.29, 0.717) is 12.8 Å². The molecule has 0 aliphatic heterocycles. The van der Waals surface area contributed by atoms with E-state index in [4.69, 9.17) is 21.6 Å². The van der Waals surface area contributed by atoms with Crippen LogP contribution in [0.2, 0.25) is 0 Å². The van der Waals surface area contributed by atoms with Crippen molar-refractivity contribution in [2.24, 2.45) is 0 Å². The van der Waals surface area contributed by atoms with Gasteiger partial charge in [-0.3, -0.25) is 24.0 Å². The second kappa shape index (κ2) is 96.2. The molecular formula is C90H167AlO10Zn. The molecule has 0 aromatic carbocycles. The van der Waals surface area contributed by atoms with E-state index in [2.05, 4.69) is 95.4 Å². The van der Waals surface area contributed by atoms with Gasteiger partial charge in [0.1, 0.15) is 0 Å². The number of carbonyl (C=O) groups excluding carboxylic acids is 3. The van der Waals surface area contributed by atoms with Gasteiger partial charge in [-0.05, 0) is 161 Å². The van der Waals surface area contributed by atoms with E-state index in [0.717, 1.165) is 122 Å². The Balaban J connectivity index is -0.000000944. The van der Waals surface area contributed by atoms with Crippen molar-refractivity contribution >= 4 is 45.0 Å². The monoisotopic (exact) mass is 1500 g/mol. The van der Waals surface area contributed by atoms with Crippen molar-refractivity contribution in [1.29, 1.82) is 0 Å². The van der Waals surface area contributed by atoms with Crippen molar-refractivity contribution in [1.82, 2.24) is 0 Å². The molecule has 0 unspecified atom stereocenters. The smallest absolute Gasteiger partial charge is 0.551 e. The molecule has 10 nitrogen and oxygen atoms in total. The van der Waals surface area contributed by atoms with E-state index in [1.807, 2.05) is 0 Å². The van der Waals surface area contributed by atoms with E-state index in [-0.39, 0.29) is 38.7 Å². The summed E-state index contributed by atoms with van der Waals surface area (Å²) in [6.45, 7) is 11.3. The number of hydrogen-bond acceptors (Lipinski definition) is 8. The van der Waals surface area contributed by atoms with Gasteiger partial charge in [0.25, 0.3) is 17.9 Å². The number of rotatable bonds is 78. The predicted molar refractivity (Wildman–Crippen MR) is 437 cm³/mol. The van der Waals surface area contributed by atoms with Crippen molar-refractivity contribution in [2.75, 3.05) is 0 Å². The minimum absolute atomic E-state index is 0. The third kappa shape index (κ3) is 101. The Morgan fingerprint density at radius 3 is 0.480 bits per heavy atom. The molecule has 0 spiro atoms. The normalized spacial score (nSPS) is 11.4. The fraction of sp³-hybridized carbons (Fsp3) is 0.833. The van der Waals surface area contributed by atoms with Crippen LogP contribution < -0.4 is 0 Å². The first-order chi connectivity index (χ1) is 49.6. The minimum atomic E-state index is -3.26. The topological polar surface area (TPSA) is 153 Å². The zero-order valence-electron chi connectivity index (χ0n) is 68.2. The van der Waals surface area contributed by atoms with E-state index >= 15 is 0 Å². The first-order valence-corrected chi connectivity index (χ1v) is 45.3. The number of unbranched alkanes of at least 4 members (excludes halogenated alkanes) is 55. The number of carbonyl (C=O) groups is 5. The number of carboxylic acid groups (broad SMARTS) is 2. The van der Waals surface area contributed by atoms with Gasteiger partial charge < -0.3 is 21.6 Å². The van der Waals surface area contributed by atoms with Crippen LogP contribution in [0.1, 0.15) is 484 Å². The summed E-state index contributed by atoms with van der Waals surface area (Å²) in [7, 11) is 0. The van der Waals surface area contributed by atoms with Gasteiger partial charge in [0.2, 0.25) is 0 Å². The number of carboxylic acids is 2. The SMILES string of the molecule is CCCCCCCC/C=C\CCCCCCCC(=O)O.CCCCCCCC/C=C\CCCCCCCC(=O)O.CCCCCCCC/C=C\CCCCCCCC(=O)[O][Al]([O]C(=O)CCCCCCC/C=C\CCCCCCCC)[O]C(=O)CCCCCCC/C=C\CCCCCCCC.[Zn]. The van der Waals surface area contributed by atoms with E-state index in [9.17, 15) is 24.0 Å². The minimum Gasteiger partial charge on any atom is -0.551 e. The van der Waals surface area contributed by atoms with Crippen LogP contribution in [0.4, 0.5) is 0 Å². The summed E-state index contributed by atoms with van der Waals surface area (Å²) in [4.78, 5) is 59.0. The average molecular weight is 1500 g/mol. The second-order valence-electron chi connectivity index (χ2n) is 29.2. The number of allylic oxidation sites excluding steroid dienone is 10. The van der Waals surface area contributed by atoms with Gasteiger partial charge in [-0.15, -0.1) is 0 Å². The molecule has 0 saturated heterocycles. The van der Waals surface area contributed by atoms with Crippen molar-refractivity contribution in [3.05, 3.63) is 60.8 Å². The van der Waals surface area contributed by atoms with Crippen LogP contribution in [-0.4, -0.2) is 55.2 Å². The summed E-state index contributed by atoms with van der Waals surface area (Å²) >= 11 is -3.26. The van der Waals surface area contributed by atoms with Gasteiger partial charge in [0, 0.05) is 51.6 Å². The standard InChI is InChI=1S/5C18H34O2.Al.Zn/c5*1-2-3-4-5-6-7-8-9-10-11-12-13-14-15-16-17-18(19)20;;/h5*9-10H,2-8,11-17H2,1H3,(H,19,20);;/q;;;;;+3;/p-3/b5*10-9-;;. The summed E-state index contributed by atoms with van der Waals surface area (Å²) in [6, 6.07) is 0. The third-order valence-corrected chi connectivity index (χ3v) is 20.3. The van der Waals surface area contributed by atoms with E-state index in [1.165, 1.54) is 295 Å². The summed E-state index contributed by atoms with van der Waals surface area (Å²) in [5, 5.41) is 17.0. The maximum atomic E-state index is 12.8. The van der Waals surface area contributed by atoms with E-state index < -0.39 is 45.0 Å². The van der Waals surface area contributed by atoms with Crippen molar-refractivity contribution in [3.8, 4) is 0 Å². The van der Waals surface area contributed by atoms with Crippen molar-refractivity contribution in [3.63, 3.8) is 0 Å². The molecule has 12 heteroatoms. The molecule has 0 atom stereocenters. The Labute approximate surface area is 650 Å². The van der Waals surface area contributed by atoms with Gasteiger partial charge in [-0.2, -0.15) is 0 Å². The number of hydrogen-bond donors (Lipinski definition) is 2. The molecule has 2 N–H and O–H groups in total. The fourth-order valence-corrected chi connectivity index (χ4v) is 13.4. The maximum Gasteiger partial charge on any atom is 1.20 e. The first-order valence-electron chi connectivity index (χ1n) is 43.8. The molecule has 0 aromatic heterocycles. The zero-order chi connectivity index (χ0) is 74.2. The van der Waals surface area contributed by atoms with Crippen LogP contribution >= 0.6 is 0 Å². The Morgan fingerprint density at radius 2 is 0.333 bits per heavy atom. The summed E-state index contributed by atoms with van der Waals surface area (Å²) in [6.07, 6.45) is 104. The van der Waals surface area contributed by atoms with Crippen LogP contribution in [0.5, 0.6) is 0 Å². The van der Waals surface area contributed by atoms with E-state index in [1.54, 1.807) is 0 Å². The van der Waals surface area contributed by atoms with Crippen molar-refractivity contribution in [2.45, 2.75) is 484 Å². The molecule has 0 rings (SSSR count). The molecule has 102 heavy (non-hydrogen) atoms. The van der Waals surface area contributed by atoms with Crippen LogP contribution in [0.25, 0.3) is 0 Å². The molecule has 0 saturated carbocycles. The molecule has 0 aliphatic rings.